The molecule has 0 bridgehead atoms. The summed E-state index contributed by atoms with van der Waals surface area (Å²) in [6.07, 6.45) is 8.30. The van der Waals surface area contributed by atoms with Gasteiger partial charge in [-0.1, -0.05) is 59.5 Å². The Hall–Kier alpha value is -0.630. The molecule has 1 nitrogen and oxygen atoms in total. The van der Waals surface area contributed by atoms with Crippen LogP contribution in [-0.4, -0.2) is 11.1 Å². The summed E-state index contributed by atoms with van der Waals surface area (Å²) in [5, 5.41) is 0.902. The maximum atomic E-state index is 11.9. The Balaban J connectivity index is 1.98. The highest BCUT2D eigenvalue weighted by Crippen LogP contribution is 2.32. The average Bonchev–Trinajstić information content (AvgIpc) is 2.46. The highest BCUT2D eigenvalue weighted by molar-refractivity contribution is 9.09. The second-order valence-corrected chi connectivity index (χ2v) is 5.97. The van der Waals surface area contributed by atoms with Crippen LogP contribution in [0.3, 0.4) is 0 Å². The average molecular weight is 309 g/mol. The minimum Gasteiger partial charge on any atom is -0.294 e. The molecule has 0 aliphatic heterocycles. The monoisotopic (exact) mass is 308 g/mol. The number of hydrogen-bond donors (Lipinski definition) is 0. The van der Waals surface area contributed by atoms with Crippen molar-refractivity contribution in [3.8, 4) is 0 Å². The van der Waals surface area contributed by atoms with Gasteiger partial charge in [-0.25, -0.2) is 0 Å². The lowest BCUT2D eigenvalue weighted by Gasteiger charge is -2.22. The van der Waals surface area contributed by atoms with Gasteiger partial charge >= 0.3 is 0 Å². The predicted octanol–water partition coefficient (Wildman–Crippen LogP) is 5.09. The molecule has 0 amide bonds. The zero-order valence-electron chi connectivity index (χ0n) is 10.8. The minimum absolute atomic E-state index is 0.268. The van der Waals surface area contributed by atoms with Crippen LogP contribution in [0.1, 0.15) is 66.8 Å². The number of ketones is 1. The summed E-state index contributed by atoms with van der Waals surface area (Å²) >= 11 is 3.36. The standard InChI is InChI=1S/C16H21BrO/c17-12-4-7-16(18)15-10-8-14(9-11-15)13-5-2-1-3-6-13/h8-11,13H,1-7,12H2. The number of hydrogen-bond acceptors (Lipinski definition) is 1. The Bertz CT molecular complexity index is 377. The van der Waals surface area contributed by atoms with E-state index in [4.69, 9.17) is 0 Å². The van der Waals surface area contributed by atoms with Crippen LogP contribution in [0.4, 0.5) is 0 Å². The van der Waals surface area contributed by atoms with Gasteiger partial charge in [0, 0.05) is 17.3 Å². The van der Waals surface area contributed by atoms with Crippen LogP contribution in [0.5, 0.6) is 0 Å². The topological polar surface area (TPSA) is 17.1 Å². The molecule has 98 valence electrons. The summed E-state index contributed by atoms with van der Waals surface area (Å²) < 4.78 is 0. The molecule has 1 aromatic rings. The molecule has 1 saturated carbocycles. The number of carbonyl (C=O) groups is 1. The van der Waals surface area contributed by atoms with Crippen molar-refractivity contribution < 1.29 is 4.79 Å². The van der Waals surface area contributed by atoms with Crippen LogP contribution >= 0.6 is 15.9 Å². The molecule has 1 aliphatic carbocycles. The van der Waals surface area contributed by atoms with Crippen LogP contribution in [0.15, 0.2) is 24.3 Å². The molecule has 1 fully saturated rings. The van der Waals surface area contributed by atoms with Crippen molar-refractivity contribution in [1.82, 2.24) is 0 Å². The van der Waals surface area contributed by atoms with Crippen molar-refractivity contribution in [3.05, 3.63) is 35.4 Å². The lowest BCUT2D eigenvalue weighted by Crippen LogP contribution is -2.05. The third kappa shape index (κ3) is 3.68. The quantitative estimate of drug-likeness (QED) is 0.547. The van der Waals surface area contributed by atoms with Crippen LogP contribution in [-0.2, 0) is 0 Å². The first kappa shape index (κ1) is 13.8. The number of benzene rings is 1. The fraction of sp³-hybridized carbons (Fsp3) is 0.562. The van der Waals surface area contributed by atoms with E-state index in [0.29, 0.717) is 6.42 Å². The van der Waals surface area contributed by atoms with E-state index < -0.39 is 0 Å². The summed E-state index contributed by atoms with van der Waals surface area (Å²) in [7, 11) is 0. The summed E-state index contributed by atoms with van der Waals surface area (Å²) in [4.78, 5) is 11.9. The second-order valence-electron chi connectivity index (χ2n) is 5.17. The Morgan fingerprint density at radius 2 is 1.78 bits per heavy atom. The zero-order valence-corrected chi connectivity index (χ0v) is 12.4. The largest absolute Gasteiger partial charge is 0.294 e. The number of halogens is 1. The Morgan fingerprint density at radius 3 is 2.39 bits per heavy atom. The fourth-order valence-corrected chi connectivity index (χ4v) is 3.03. The van der Waals surface area contributed by atoms with Gasteiger partial charge in [0.1, 0.15) is 0 Å². The zero-order chi connectivity index (χ0) is 12.8. The smallest absolute Gasteiger partial charge is 0.162 e. The van der Waals surface area contributed by atoms with Gasteiger partial charge in [-0.05, 0) is 30.7 Å². The molecule has 0 aromatic heterocycles. The number of carbonyl (C=O) groups excluding carboxylic acids is 1. The number of Topliss-reactive ketones (excluding diaryl/α,β-unsaturated/α-hetero) is 1. The molecule has 2 rings (SSSR count). The van der Waals surface area contributed by atoms with Gasteiger partial charge in [-0.2, -0.15) is 0 Å². The van der Waals surface area contributed by atoms with E-state index in [2.05, 4.69) is 28.1 Å². The molecular formula is C16H21BrO. The van der Waals surface area contributed by atoms with Gasteiger partial charge in [-0.3, -0.25) is 4.79 Å². The lowest BCUT2D eigenvalue weighted by molar-refractivity contribution is 0.0982. The summed E-state index contributed by atoms with van der Waals surface area (Å²) in [6.45, 7) is 0. The van der Waals surface area contributed by atoms with Gasteiger partial charge < -0.3 is 0 Å². The molecule has 1 aromatic carbocycles. The molecular weight excluding hydrogens is 288 g/mol. The molecule has 2 heteroatoms. The van der Waals surface area contributed by atoms with Crippen molar-refractivity contribution >= 4 is 21.7 Å². The Labute approximate surface area is 118 Å². The van der Waals surface area contributed by atoms with Gasteiger partial charge in [0.15, 0.2) is 5.78 Å². The third-order valence-corrected chi connectivity index (χ3v) is 4.41. The van der Waals surface area contributed by atoms with Crippen LogP contribution in [0, 0.1) is 0 Å². The maximum Gasteiger partial charge on any atom is 0.162 e. The highest BCUT2D eigenvalue weighted by atomic mass is 79.9. The van der Waals surface area contributed by atoms with E-state index in [9.17, 15) is 4.79 Å². The van der Waals surface area contributed by atoms with E-state index in [1.807, 2.05) is 12.1 Å². The van der Waals surface area contributed by atoms with Crippen molar-refractivity contribution in [2.75, 3.05) is 5.33 Å². The first-order chi connectivity index (χ1) is 8.81. The van der Waals surface area contributed by atoms with Gasteiger partial charge in [0.2, 0.25) is 0 Å². The van der Waals surface area contributed by atoms with Gasteiger partial charge in [0.05, 0.1) is 0 Å². The number of rotatable bonds is 5. The van der Waals surface area contributed by atoms with Gasteiger partial charge in [-0.15, -0.1) is 0 Å². The molecule has 0 atom stereocenters. The predicted molar refractivity (Wildman–Crippen MR) is 79.6 cm³/mol. The lowest BCUT2D eigenvalue weighted by atomic mass is 9.84. The number of alkyl halides is 1. The third-order valence-electron chi connectivity index (χ3n) is 3.85. The molecule has 0 spiro atoms. The van der Waals surface area contributed by atoms with E-state index in [1.165, 1.54) is 37.7 Å². The van der Waals surface area contributed by atoms with Crippen molar-refractivity contribution in [3.63, 3.8) is 0 Å². The molecule has 0 unspecified atom stereocenters. The minimum atomic E-state index is 0.268. The molecule has 18 heavy (non-hydrogen) atoms. The van der Waals surface area contributed by atoms with Crippen LogP contribution < -0.4 is 0 Å². The Morgan fingerprint density at radius 1 is 1.11 bits per heavy atom. The van der Waals surface area contributed by atoms with Crippen LogP contribution in [0.2, 0.25) is 0 Å². The summed E-state index contributed by atoms with van der Waals surface area (Å²) in [6, 6.07) is 8.36. The maximum absolute atomic E-state index is 11.9. The molecule has 0 heterocycles. The van der Waals surface area contributed by atoms with Crippen LogP contribution in [0.25, 0.3) is 0 Å². The van der Waals surface area contributed by atoms with Gasteiger partial charge in [0.25, 0.3) is 0 Å². The SMILES string of the molecule is O=C(CCCBr)c1ccc(C2CCCCC2)cc1. The second kappa shape index (κ2) is 7.08. The Kier molecular flexibility index (Phi) is 5.43. The van der Waals surface area contributed by atoms with Crippen molar-refractivity contribution in [2.45, 2.75) is 50.9 Å². The normalized spacial score (nSPS) is 16.7. The van der Waals surface area contributed by atoms with E-state index >= 15 is 0 Å². The fourth-order valence-electron chi connectivity index (χ4n) is 2.75. The van der Waals surface area contributed by atoms with Crippen molar-refractivity contribution in [2.24, 2.45) is 0 Å². The van der Waals surface area contributed by atoms with E-state index in [-0.39, 0.29) is 5.78 Å². The highest BCUT2D eigenvalue weighted by Gasteiger charge is 2.15. The first-order valence-corrected chi connectivity index (χ1v) is 8.12. The molecule has 1 aliphatic rings. The van der Waals surface area contributed by atoms with E-state index in [1.54, 1.807) is 0 Å². The molecule has 0 radical (unpaired) electrons. The van der Waals surface area contributed by atoms with Crippen molar-refractivity contribution in [1.29, 1.82) is 0 Å². The molecule has 0 saturated heterocycles. The summed E-state index contributed by atoms with van der Waals surface area (Å²) in [5.74, 6) is 0.995. The molecule has 0 N–H and O–H groups in total. The summed E-state index contributed by atoms with van der Waals surface area (Å²) in [5.41, 5.74) is 2.29. The first-order valence-electron chi connectivity index (χ1n) is 7.00. The van der Waals surface area contributed by atoms with E-state index in [0.717, 1.165) is 23.2 Å².